The summed E-state index contributed by atoms with van der Waals surface area (Å²) in [5.74, 6) is 0.129. The average Bonchev–Trinajstić information content (AvgIpc) is 2.80. The Kier molecular flexibility index (Phi) is 3.02. The van der Waals surface area contributed by atoms with Gasteiger partial charge in [-0.25, -0.2) is 9.67 Å². The highest BCUT2D eigenvalue weighted by atomic mass is 35.5. The summed E-state index contributed by atoms with van der Waals surface area (Å²) in [6.45, 7) is 0. The Hall–Kier alpha value is -2.28. The Morgan fingerprint density at radius 2 is 1.90 bits per heavy atom. The molecule has 0 unspecified atom stereocenters. The van der Waals surface area contributed by atoms with Gasteiger partial charge in [0.15, 0.2) is 5.82 Å². The van der Waals surface area contributed by atoms with Crippen molar-refractivity contribution in [2.75, 3.05) is 5.73 Å². The van der Waals surface area contributed by atoms with Gasteiger partial charge < -0.3 is 5.73 Å². The van der Waals surface area contributed by atoms with Crippen LogP contribution in [0, 0.1) is 0 Å². The fourth-order valence-electron chi connectivity index (χ4n) is 1.96. The summed E-state index contributed by atoms with van der Waals surface area (Å²) in [6, 6.07) is 5.90. The smallest absolute Gasteiger partial charge is 0.399 e. The third-order valence-corrected chi connectivity index (χ3v) is 3.22. The lowest BCUT2D eigenvalue weighted by Crippen LogP contribution is -2.08. The first-order valence-corrected chi connectivity index (χ1v) is 6.20. The van der Waals surface area contributed by atoms with E-state index in [9.17, 15) is 13.2 Å². The van der Waals surface area contributed by atoms with E-state index in [2.05, 4.69) is 10.1 Å². The number of nitrogens with two attached hydrogens (primary N) is 1. The van der Waals surface area contributed by atoms with Gasteiger partial charge in [0.1, 0.15) is 0 Å². The van der Waals surface area contributed by atoms with Crippen LogP contribution in [0.15, 0.2) is 36.7 Å². The van der Waals surface area contributed by atoms with Gasteiger partial charge in [-0.05, 0) is 24.3 Å². The number of rotatable bonds is 1. The summed E-state index contributed by atoms with van der Waals surface area (Å²) in [4.78, 5) is 3.78. The lowest BCUT2D eigenvalue weighted by atomic mass is 10.2. The molecule has 0 radical (unpaired) electrons. The quantitative estimate of drug-likeness (QED) is 0.697. The zero-order chi connectivity index (χ0) is 15.2. The molecule has 4 nitrogen and oxygen atoms in total. The van der Waals surface area contributed by atoms with Gasteiger partial charge in [-0.3, -0.25) is 0 Å². The molecular formula is C13H8ClF3N4. The second-order valence-electron chi connectivity index (χ2n) is 4.40. The SMILES string of the molecule is Nc1ccc2c(cnn2-c2ncc(C(F)(F)F)cc2Cl)c1. The van der Waals surface area contributed by atoms with E-state index in [0.717, 1.165) is 17.6 Å². The molecule has 21 heavy (non-hydrogen) atoms. The van der Waals surface area contributed by atoms with Crippen molar-refractivity contribution in [2.24, 2.45) is 0 Å². The number of nitrogen functional groups attached to an aromatic ring is 1. The number of benzene rings is 1. The molecule has 0 atom stereocenters. The van der Waals surface area contributed by atoms with Crippen molar-refractivity contribution < 1.29 is 13.2 Å². The van der Waals surface area contributed by atoms with Crippen molar-refractivity contribution in [1.29, 1.82) is 0 Å². The molecule has 3 rings (SSSR count). The van der Waals surface area contributed by atoms with E-state index in [0.29, 0.717) is 11.2 Å². The van der Waals surface area contributed by atoms with Gasteiger partial charge in [-0.1, -0.05) is 11.6 Å². The van der Waals surface area contributed by atoms with Gasteiger partial charge in [0.2, 0.25) is 0 Å². The number of anilines is 1. The number of halogens is 4. The standard InChI is InChI=1S/C13H8ClF3N4/c14-10-4-8(13(15,16)17)6-19-12(10)21-11-2-1-9(18)3-7(11)5-20-21/h1-6H,18H2. The summed E-state index contributed by atoms with van der Waals surface area (Å²) in [5.41, 5.74) is 5.97. The zero-order valence-corrected chi connectivity index (χ0v) is 11.2. The van der Waals surface area contributed by atoms with Crippen LogP contribution >= 0.6 is 11.6 Å². The van der Waals surface area contributed by atoms with Crippen LogP contribution in [0.25, 0.3) is 16.7 Å². The van der Waals surface area contributed by atoms with Crippen molar-refractivity contribution in [1.82, 2.24) is 14.8 Å². The third kappa shape index (κ3) is 2.40. The van der Waals surface area contributed by atoms with Crippen LogP contribution in [0.4, 0.5) is 18.9 Å². The summed E-state index contributed by atoms with van der Waals surface area (Å²) in [7, 11) is 0. The van der Waals surface area contributed by atoms with E-state index in [1.165, 1.54) is 4.68 Å². The highest BCUT2D eigenvalue weighted by molar-refractivity contribution is 6.32. The first kappa shape index (κ1) is 13.7. The largest absolute Gasteiger partial charge is 0.417 e. The predicted molar refractivity (Wildman–Crippen MR) is 73.3 cm³/mol. The van der Waals surface area contributed by atoms with Gasteiger partial charge in [0, 0.05) is 17.3 Å². The monoisotopic (exact) mass is 312 g/mol. The molecular weight excluding hydrogens is 305 g/mol. The number of hydrogen-bond acceptors (Lipinski definition) is 3. The fraction of sp³-hybridized carbons (Fsp3) is 0.0769. The minimum Gasteiger partial charge on any atom is -0.399 e. The maximum Gasteiger partial charge on any atom is 0.417 e. The molecule has 108 valence electrons. The van der Waals surface area contributed by atoms with Crippen LogP contribution in [-0.4, -0.2) is 14.8 Å². The van der Waals surface area contributed by atoms with Gasteiger partial charge in [-0.15, -0.1) is 0 Å². The Balaban J connectivity index is 2.15. The molecule has 8 heteroatoms. The minimum absolute atomic E-state index is 0.129. The van der Waals surface area contributed by atoms with Crippen molar-refractivity contribution in [3.05, 3.63) is 47.2 Å². The summed E-state index contributed by atoms with van der Waals surface area (Å²) >= 11 is 5.91. The number of fused-ring (bicyclic) bond motifs is 1. The summed E-state index contributed by atoms with van der Waals surface area (Å²) in [5, 5.41) is 4.70. The van der Waals surface area contributed by atoms with Gasteiger partial charge in [-0.2, -0.15) is 18.3 Å². The maximum atomic E-state index is 12.6. The van der Waals surface area contributed by atoms with Crippen molar-refractivity contribution in [3.8, 4) is 5.82 Å². The fourth-order valence-corrected chi connectivity index (χ4v) is 2.21. The predicted octanol–water partition coefficient (Wildman–Crippen LogP) is 3.67. The second-order valence-corrected chi connectivity index (χ2v) is 4.81. The molecule has 0 aliphatic rings. The molecule has 2 aromatic heterocycles. The van der Waals surface area contributed by atoms with Crippen molar-refractivity contribution in [2.45, 2.75) is 6.18 Å². The molecule has 2 heterocycles. The van der Waals surface area contributed by atoms with E-state index in [4.69, 9.17) is 17.3 Å². The molecule has 0 aliphatic carbocycles. The Labute approximate surface area is 122 Å². The van der Waals surface area contributed by atoms with Crippen LogP contribution < -0.4 is 5.73 Å². The minimum atomic E-state index is -4.49. The van der Waals surface area contributed by atoms with E-state index in [-0.39, 0.29) is 10.8 Å². The highest BCUT2D eigenvalue weighted by Gasteiger charge is 2.31. The first-order valence-electron chi connectivity index (χ1n) is 5.82. The Morgan fingerprint density at radius 3 is 2.57 bits per heavy atom. The van der Waals surface area contributed by atoms with Crippen LogP contribution in [0.2, 0.25) is 5.02 Å². The number of aromatic nitrogens is 3. The van der Waals surface area contributed by atoms with Crippen LogP contribution in [-0.2, 0) is 6.18 Å². The molecule has 1 aromatic carbocycles. The first-order chi connectivity index (χ1) is 9.86. The number of pyridine rings is 1. The maximum absolute atomic E-state index is 12.6. The van der Waals surface area contributed by atoms with E-state index < -0.39 is 11.7 Å². The molecule has 0 saturated heterocycles. The summed E-state index contributed by atoms with van der Waals surface area (Å²) in [6.07, 6.45) is -2.22. The summed E-state index contributed by atoms with van der Waals surface area (Å²) < 4.78 is 39.2. The Bertz CT molecular complexity index is 826. The third-order valence-electron chi connectivity index (χ3n) is 2.94. The highest BCUT2D eigenvalue weighted by Crippen LogP contribution is 2.32. The lowest BCUT2D eigenvalue weighted by Gasteiger charge is -2.09. The zero-order valence-electron chi connectivity index (χ0n) is 10.4. The van der Waals surface area contributed by atoms with E-state index in [1.807, 2.05) is 0 Å². The molecule has 0 saturated carbocycles. The molecule has 0 bridgehead atoms. The topological polar surface area (TPSA) is 56.7 Å². The van der Waals surface area contributed by atoms with Crippen LogP contribution in [0.1, 0.15) is 5.56 Å². The Morgan fingerprint density at radius 1 is 1.14 bits per heavy atom. The number of alkyl halides is 3. The van der Waals surface area contributed by atoms with Crippen molar-refractivity contribution >= 4 is 28.2 Å². The van der Waals surface area contributed by atoms with Crippen LogP contribution in [0.3, 0.4) is 0 Å². The van der Waals surface area contributed by atoms with E-state index >= 15 is 0 Å². The number of nitrogens with zero attached hydrogens (tertiary/aromatic N) is 3. The average molecular weight is 313 g/mol. The molecule has 0 spiro atoms. The van der Waals surface area contributed by atoms with Crippen LogP contribution in [0.5, 0.6) is 0 Å². The molecule has 2 N–H and O–H groups in total. The molecule has 0 fully saturated rings. The lowest BCUT2D eigenvalue weighted by molar-refractivity contribution is -0.137. The van der Waals surface area contributed by atoms with Crippen molar-refractivity contribution in [3.63, 3.8) is 0 Å². The van der Waals surface area contributed by atoms with Gasteiger partial charge in [0.25, 0.3) is 0 Å². The molecule has 0 aliphatic heterocycles. The molecule has 3 aromatic rings. The van der Waals surface area contributed by atoms with Gasteiger partial charge in [0.05, 0.1) is 22.3 Å². The molecule has 0 amide bonds. The normalized spacial score (nSPS) is 12.0. The van der Waals surface area contributed by atoms with Gasteiger partial charge >= 0.3 is 6.18 Å². The second kappa shape index (κ2) is 4.63. The number of hydrogen-bond donors (Lipinski definition) is 1. The van der Waals surface area contributed by atoms with E-state index in [1.54, 1.807) is 24.4 Å².